The molecule has 0 aromatic heterocycles. The van der Waals surface area contributed by atoms with Crippen LogP contribution in [-0.2, 0) is 0 Å². The molecular weight excluding hydrogens is 168 g/mol. The van der Waals surface area contributed by atoms with Crippen LogP contribution >= 0.6 is 0 Å². The van der Waals surface area contributed by atoms with E-state index in [1.54, 1.807) is 12.2 Å². The zero-order valence-corrected chi connectivity index (χ0v) is 8.19. The van der Waals surface area contributed by atoms with Crippen molar-refractivity contribution >= 4 is 6.08 Å². The first-order valence-electron chi connectivity index (χ1n) is 4.55. The summed E-state index contributed by atoms with van der Waals surface area (Å²) in [7, 11) is 0. The maximum Gasteiger partial charge on any atom is -0.0257 e. The van der Waals surface area contributed by atoms with Gasteiger partial charge in [-0.05, 0) is 11.1 Å². The molecule has 0 aliphatic heterocycles. The number of hydrogen-bond acceptors (Lipinski definition) is 0. The molecular formula is C14H14. The van der Waals surface area contributed by atoms with Crippen LogP contribution < -0.4 is 0 Å². The highest BCUT2D eigenvalue weighted by Crippen LogP contribution is 2.03. The molecule has 0 amide bonds. The van der Waals surface area contributed by atoms with Gasteiger partial charge in [-0.2, -0.15) is 0 Å². The van der Waals surface area contributed by atoms with Gasteiger partial charge in [-0.25, -0.2) is 0 Å². The minimum atomic E-state index is 1.03. The van der Waals surface area contributed by atoms with Crippen molar-refractivity contribution in [1.82, 2.24) is 0 Å². The standard InChI is InChI=1S/C14H14/c1-3-13(4-2)11-8-12-14-9-6-5-7-10-14/h3-12H,1-2H2/b12-8+. The molecule has 0 saturated carbocycles. The molecule has 0 aliphatic rings. The molecule has 0 heteroatoms. The van der Waals surface area contributed by atoms with E-state index in [0.29, 0.717) is 0 Å². The topological polar surface area (TPSA) is 0 Å². The van der Waals surface area contributed by atoms with Crippen LogP contribution in [0.5, 0.6) is 0 Å². The molecule has 0 bridgehead atoms. The normalized spacial score (nSPS) is 9.71. The zero-order valence-electron chi connectivity index (χ0n) is 8.19. The molecule has 0 fully saturated rings. The van der Waals surface area contributed by atoms with Gasteiger partial charge in [0, 0.05) is 0 Å². The summed E-state index contributed by atoms with van der Waals surface area (Å²) in [6, 6.07) is 10.2. The van der Waals surface area contributed by atoms with Crippen LogP contribution in [0.3, 0.4) is 0 Å². The summed E-state index contributed by atoms with van der Waals surface area (Å²) in [5.74, 6) is 0. The zero-order chi connectivity index (χ0) is 10.2. The van der Waals surface area contributed by atoms with E-state index in [-0.39, 0.29) is 0 Å². The van der Waals surface area contributed by atoms with Crippen molar-refractivity contribution in [3.63, 3.8) is 0 Å². The fourth-order valence-electron chi connectivity index (χ4n) is 1.05. The first-order valence-corrected chi connectivity index (χ1v) is 4.55. The minimum Gasteiger partial charge on any atom is -0.0985 e. The van der Waals surface area contributed by atoms with Gasteiger partial charge in [0.15, 0.2) is 0 Å². The highest BCUT2D eigenvalue weighted by Gasteiger charge is 1.81. The van der Waals surface area contributed by atoms with Gasteiger partial charge in [-0.15, -0.1) is 0 Å². The number of benzene rings is 1. The Morgan fingerprint density at radius 2 is 1.64 bits per heavy atom. The Morgan fingerprint density at radius 3 is 2.21 bits per heavy atom. The Bertz CT molecular complexity index is 343. The maximum atomic E-state index is 3.68. The summed E-state index contributed by atoms with van der Waals surface area (Å²) < 4.78 is 0. The van der Waals surface area contributed by atoms with Crippen molar-refractivity contribution in [3.05, 3.63) is 78.9 Å². The monoisotopic (exact) mass is 182 g/mol. The molecule has 0 aliphatic carbocycles. The van der Waals surface area contributed by atoms with Gasteiger partial charge in [0.1, 0.15) is 0 Å². The van der Waals surface area contributed by atoms with E-state index < -0.39 is 0 Å². The Hall–Kier alpha value is -1.82. The lowest BCUT2D eigenvalue weighted by Crippen LogP contribution is -1.68. The van der Waals surface area contributed by atoms with Crippen LogP contribution in [0.4, 0.5) is 0 Å². The van der Waals surface area contributed by atoms with Gasteiger partial charge in [0.05, 0.1) is 0 Å². The summed E-state index contributed by atoms with van der Waals surface area (Å²) in [6.07, 6.45) is 9.58. The molecule has 1 rings (SSSR count). The molecule has 0 nitrogen and oxygen atoms in total. The lowest BCUT2D eigenvalue weighted by molar-refractivity contribution is 1.65. The number of hydrogen-bond donors (Lipinski definition) is 0. The lowest BCUT2D eigenvalue weighted by Gasteiger charge is -1.90. The molecule has 0 unspecified atom stereocenters. The van der Waals surface area contributed by atoms with Gasteiger partial charge in [0.25, 0.3) is 0 Å². The van der Waals surface area contributed by atoms with Gasteiger partial charge in [-0.3, -0.25) is 0 Å². The average Bonchev–Trinajstić information content (AvgIpc) is 2.26. The fraction of sp³-hybridized carbons (Fsp3) is 0. The average molecular weight is 182 g/mol. The summed E-state index contributed by atoms with van der Waals surface area (Å²) in [5.41, 5.74) is 2.22. The predicted molar refractivity (Wildman–Crippen MR) is 64.0 cm³/mol. The third kappa shape index (κ3) is 3.28. The van der Waals surface area contributed by atoms with Crippen LogP contribution in [0, 0.1) is 0 Å². The molecule has 0 atom stereocenters. The second-order valence-corrected chi connectivity index (χ2v) is 2.84. The van der Waals surface area contributed by atoms with Crippen LogP contribution in [0.25, 0.3) is 6.08 Å². The van der Waals surface area contributed by atoms with E-state index in [2.05, 4.69) is 25.3 Å². The molecule has 0 saturated heterocycles. The summed E-state index contributed by atoms with van der Waals surface area (Å²) in [5, 5.41) is 0. The second kappa shape index (κ2) is 5.76. The Kier molecular flexibility index (Phi) is 4.22. The molecule has 0 spiro atoms. The van der Waals surface area contributed by atoms with Crippen molar-refractivity contribution in [1.29, 1.82) is 0 Å². The van der Waals surface area contributed by atoms with Gasteiger partial charge in [0.2, 0.25) is 0 Å². The first kappa shape index (κ1) is 10.3. The van der Waals surface area contributed by atoms with Gasteiger partial charge < -0.3 is 0 Å². The van der Waals surface area contributed by atoms with Crippen molar-refractivity contribution in [3.8, 4) is 0 Å². The number of rotatable bonds is 4. The third-order valence-electron chi connectivity index (χ3n) is 1.85. The molecule has 14 heavy (non-hydrogen) atoms. The highest BCUT2D eigenvalue weighted by molar-refractivity contribution is 5.51. The summed E-state index contributed by atoms with van der Waals surface area (Å²) in [6.45, 7) is 7.37. The second-order valence-electron chi connectivity index (χ2n) is 2.84. The van der Waals surface area contributed by atoms with Crippen LogP contribution in [0.15, 0.2) is 73.4 Å². The van der Waals surface area contributed by atoms with Crippen LogP contribution in [0.2, 0.25) is 0 Å². The molecule has 1 aromatic carbocycles. The van der Waals surface area contributed by atoms with E-state index in [0.717, 1.165) is 5.57 Å². The highest BCUT2D eigenvalue weighted by atomic mass is 13.9. The number of allylic oxidation sites excluding steroid dienone is 5. The quantitative estimate of drug-likeness (QED) is 0.617. The van der Waals surface area contributed by atoms with Crippen molar-refractivity contribution in [2.24, 2.45) is 0 Å². The van der Waals surface area contributed by atoms with E-state index in [4.69, 9.17) is 0 Å². The minimum absolute atomic E-state index is 1.03. The van der Waals surface area contributed by atoms with Gasteiger partial charge >= 0.3 is 0 Å². The maximum absolute atomic E-state index is 3.68. The predicted octanol–water partition coefficient (Wildman–Crippen LogP) is 4.00. The van der Waals surface area contributed by atoms with E-state index in [9.17, 15) is 0 Å². The van der Waals surface area contributed by atoms with E-state index >= 15 is 0 Å². The molecule has 0 radical (unpaired) electrons. The van der Waals surface area contributed by atoms with Crippen molar-refractivity contribution < 1.29 is 0 Å². The largest absolute Gasteiger partial charge is 0.0985 e. The smallest absolute Gasteiger partial charge is 0.0257 e. The Balaban J connectivity index is 2.70. The van der Waals surface area contributed by atoms with E-state index in [1.165, 1.54) is 5.56 Å². The molecule has 1 aromatic rings. The summed E-state index contributed by atoms with van der Waals surface area (Å²) in [4.78, 5) is 0. The lowest BCUT2D eigenvalue weighted by atomic mass is 10.2. The molecule has 0 N–H and O–H groups in total. The van der Waals surface area contributed by atoms with Crippen LogP contribution in [-0.4, -0.2) is 0 Å². The third-order valence-corrected chi connectivity index (χ3v) is 1.85. The fourth-order valence-corrected chi connectivity index (χ4v) is 1.05. The molecule has 0 heterocycles. The first-order chi connectivity index (χ1) is 6.86. The van der Waals surface area contributed by atoms with E-state index in [1.807, 2.05) is 36.4 Å². The van der Waals surface area contributed by atoms with Gasteiger partial charge in [-0.1, -0.05) is 73.9 Å². The van der Waals surface area contributed by atoms with Crippen molar-refractivity contribution in [2.45, 2.75) is 0 Å². The van der Waals surface area contributed by atoms with Crippen LogP contribution in [0.1, 0.15) is 5.56 Å². The van der Waals surface area contributed by atoms with Crippen molar-refractivity contribution in [2.75, 3.05) is 0 Å². The Labute approximate surface area is 85.6 Å². The Morgan fingerprint density at radius 1 is 1.00 bits per heavy atom. The SMILES string of the molecule is C=CC(C=C)=C/C=C/c1ccccc1. The summed E-state index contributed by atoms with van der Waals surface area (Å²) >= 11 is 0. The molecule has 70 valence electrons.